The van der Waals surface area contributed by atoms with Crippen LogP contribution in [-0.2, 0) is 0 Å². The Morgan fingerprint density at radius 1 is 1.86 bits per heavy atom. The second-order valence-corrected chi connectivity index (χ2v) is 2.18. The zero-order chi connectivity index (χ0) is 5.28. The smallest absolute Gasteiger partial charge is 0.0585 e. The van der Waals surface area contributed by atoms with Crippen LogP contribution in [0.3, 0.4) is 0 Å². The largest absolute Gasteiger partial charge is 0.395 e. The van der Waals surface area contributed by atoms with Gasteiger partial charge in [-0.2, -0.15) is 0 Å². The highest BCUT2D eigenvalue weighted by Gasteiger charge is 2.22. The van der Waals surface area contributed by atoms with E-state index in [9.17, 15) is 0 Å². The van der Waals surface area contributed by atoms with Crippen molar-refractivity contribution in [2.75, 3.05) is 6.61 Å². The standard InChI is InChI=1S/C5H11NO/c1-4-2-5(3-7)6-4/h4-7H,2-3H2,1H3/t4?,5-/m0/s1. The van der Waals surface area contributed by atoms with E-state index in [2.05, 4.69) is 12.2 Å². The molecular weight excluding hydrogens is 90.1 g/mol. The summed E-state index contributed by atoms with van der Waals surface area (Å²) in [4.78, 5) is 0. The average molecular weight is 101 g/mol. The molecule has 2 N–H and O–H groups in total. The predicted octanol–water partition coefficient (Wildman–Crippen LogP) is -0.271. The summed E-state index contributed by atoms with van der Waals surface area (Å²) in [5, 5.41) is 11.6. The van der Waals surface area contributed by atoms with Crippen LogP contribution in [0.1, 0.15) is 13.3 Å². The van der Waals surface area contributed by atoms with Crippen molar-refractivity contribution in [3.8, 4) is 0 Å². The normalized spacial score (nSPS) is 40.3. The molecule has 1 heterocycles. The van der Waals surface area contributed by atoms with Crippen molar-refractivity contribution in [2.45, 2.75) is 25.4 Å². The maximum absolute atomic E-state index is 8.44. The lowest BCUT2D eigenvalue weighted by molar-refractivity contribution is 0.166. The summed E-state index contributed by atoms with van der Waals surface area (Å²) in [7, 11) is 0. The Labute approximate surface area is 43.5 Å². The third-order valence-electron chi connectivity index (χ3n) is 1.38. The van der Waals surface area contributed by atoms with Crippen molar-refractivity contribution >= 4 is 0 Å². The van der Waals surface area contributed by atoms with Gasteiger partial charge in [-0.25, -0.2) is 0 Å². The first-order valence-corrected chi connectivity index (χ1v) is 2.70. The average Bonchev–Trinajstić information content (AvgIpc) is 1.58. The molecule has 0 radical (unpaired) electrons. The van der Waals surface area contributed by atoms with Crippen LogP contribution >= 0.6 is 0 Å². The van der Waals surface area contributed by atoms with Crippen LogP contribution in [0.4, 0.5) is 0 Å². The van der Waals surface area contributed by atoms with Gasteiger partial charge in [0.25, 0.3) is 0 Å². The van der Waals surface area contributed by atoms with Crippen LogP contribution in [-0.4, -0.2) is 23.8 Å². The quantitative estimate of drug-likeness (QED) is 0.476. The molecule has 0 amide bonds. The van der Waals surface area contributed by atoms with Crippen LogP contribution in [0.2, 0.25) is 0 Å². The highest BCUT2D eigenvalue weighted by Crippen LogP contribution is 2.08. The number of hydrogen-bond acceptors (Lipinski definition) is 2. The maximum atomic E-state index is 8.44. The topological polar surface area (TPSA) is 32.3 Å². The third kappa shape index (κ3) is 0.924. The fraction of sp³-hybridized carbons (Fsp3) is 1.00. The highest BCUT2D eigenvalue weighted by molar-refractivity contribution is 4.83. The van der Waals surface area contributed by atoms with E-state index >= 15 is 0 Å². The minimum absolute atomic E-state index is 0.296. The van der Waals surface area contributed by atoms with Gasteiger partial charge in [-0.05, 0) is 13.3 Å². The molecular formula is C5H11NO. The molecule has 7 heavy (non-hydrogen) atoms. The van der Waals surface area contributed by atoms with Gasteiger partial charge in [0.1, 0.15) is 0 Å². The molecule has 1 saturated heterocycles. The molecule has 0 aromatic rings. The first-order valence-electron chi connectivity index (χ1n) is 2.70. The Kier molecular flexibility index (Phi) is 1.30. The van der Waals surface area contributed by atoms with Gasteiger partial charge in [0, 0.05) is 12.1 Å². The van der Waals surface area contributed by atoms with Crippen LogP contribution in [0, 0.1) is 0 Å². The Hall–Kier alpha value is -0.0800. The van der Waals surface area contributed by atoms with Crippen LogP contribution in [0.5, 0.6) is 0 Å². The molecule has 1 fully saturated rings. The van der Waals surface area contributed by atoms with Gasteiger partial charge in [-0.1, -0.05) is 0 Å². The zero-order valence-corrected chi connectivity index (χ0v) is 4.52. The fourth-order valence-electron chi connectivity index (χ4n) is 0.932. The summed E-state index contributed by atoms with van der Waals surface area (Å²) < 4.78 is 0. The Morgan fingerprint density at radius 3 is 2.57 bits per heavy atom. The van der Waals surface area contributed by atoms with E-state index < -0.39 is 0 Å². The van der Waals surface area contributed by atoms with Crippen molar-refractivity contribution in [2.24, 2.45) is 0 Å². The first-order chi connectivity index (χ1) is 3.33. The molecule has 2 atom stereocenters. The van der Waals surface area contributed by atoms with Crippen LogP contribution in [0.25, 0.3) is 0 Å². The summed E-state index contributed by atoms with van der Waals surface area (Å²) in [5.41, 5.74) is 0. The van der Waals surface area contributed by atoms with Crippen molar-refractivity contribution in [3.63, 3.8) is 0 Å². The molecule has 1 aliphatic heterocycles. The summed E-state index contributed by atoms with van der Waals surface area (Å²) in [6.07, 6.45) is 1.14. The number of hydrogen-bond donors (Lipinski definition) is 2. The molecule has 0 aromatic heterocycles. The van der Waals surface area contributed by atoms with Gasteiger partial charge in [-0.3, -0.25) is 0 Å². The molecule has 0 bridgehead atoms. The van der Waals surface area contributed by atoms with E-state index in [0.717, 1.165) is 6.42 Å². The zero-order valence-electron chi connectivity index (χ0n) is 4.52. The Bertz CT molecular complexity index is 59.1. The lowest BCUT2D eigenvalue weighted by Crippen LogP contribution is -2.52. The molecule has 0 aliphatic carbocycles. The first kappa shape index (κ1) is 5.06. The minimum Gasteiger partial charge on any atom is -0.395 e. The van der Waals surface area contributed by atoms with Crippen molar-refractivity contribution in [3.05, 3.63) is 0 Å². The number of aliphatic hydroxyl groups excluding tert-OH is 1. The van der Waals surface area contributed by atoms with E-state index in [-0.39, 0.29) is 0 Å². The van der Waals surface area contributed by atoms with E-state index in [1.807, 2.05) is 0 Å². The van der Waals surface area contributed by atoms with Crippen molar-refractivity contribution < 1.29 is 5.11 Å². The molecule has 0 aromatic carbocycles. The van der Waals surface area contributed by atoms with E-state index in [4.69, 9.17) is 5.11 Å². The van der Waals surface area contributed by atoms with Gasteiger partial charge >= 0.3 is 0 Å². The molecule has 1 unspecified atom stereocenters. The summed E-state index contributed by atoms with van der Waals surface area (Å²) in [5.74, 6) is 0. The SMILES string of the molecule is CC1C[C@@H](CO)N1. The van der Waals surface area contributed by atoms with E-state index in [0.29, 0.717) is 18.7 Å². The maximum Gasteiger partial charge on any atom is 0.0585 e. The summed E-state index contributed by atoms with van der Waals surface area (Å²) in [6, 6.07) is 1.03. The number of nitrogens with one attached hydrogen (secondary N) is 1. The van der Waals surface area contributed by atoms with Gasteiger partial charge in [-0.15, -0.1) is 0 Å². The van der Waals surface area contributed by atoms with Crippen molar-refractivity contribution in [1.82, 2.24) is 5.32 Å². The minimum atomic E-state index is 0.296. The summed E-state index contributed by atoms with van der Waals surface area (Å²) in [6.45, 7) is 2.41. The Balaban J connectivity index is 2.06. The lowest BCUT2D eigenvalue weighted by atomic mass is 10.00. The molecule has 1 rings (SSSR count). The molecule has 0 spiro atoms. The van der Waals surface area contributed by atoms with Gasteiger partial charge in [0.05, 0.1) is 6.61 Å². The number of aliphatic hydroxyl groups is 1. The highest BCUT2D eigenvalue weighted by atomic mass is 16.3. The second kappa shape index (κ2) is 1.80. The predicted molar refractivity (Wildman–Crippen MR) is 28.1 cm³/mol. The lowest BCUT2D eigenvalue weighted by Gasteiger charge is -2.33. The molecule has 42 valence electrons. The monoisotopic (exact) mass is 101 g/mol. The van der Waals surface area contributed by atoms with E-state index in [1.165, 1.54) is 0 Å². The van der Waals surface area contributed by atoms with Gasteiger partial charge < -0.3 is 10.4 Å². The van der Waals surface area contributed by atoms with Gasteiger partial charge in [0.2, 0.25) is 0 Å². The molecule has 1 aliphatic rings. The van der Waals surface area contributed by atoms with Gasteiger partial charge in [0.15, 0.2) is 0 Å². The van der Waals surface area contributed by atoms with E-state index in [1.54, 1.807) is 0 Å². The Morgan fingerprint density at radius 2 is 2.43 bits per heavy atom. The number of rotatable bonds is 1. The second-order valence-electron chi connectivity index (χ2n) is 2.18. The third-order valence-corrected chi connectivity index (χ3v) is 1.38. The molecule has 2 heteroatoms. The van der Waals surface area contributed by atoms with Crippen LogP contribution in [0.15, 0.2) is 0 Å². The van der Waals surface area contributed by atoms with Crippen molar-refractivity contribution in [1.29, 1.82) is 0 Å². The summed E-state index contributed by atoms with van der Waals surface area (Å²) >= 11 is 0. The fourth-order valence-corrected chi connectivity index (χ4v) is 0.932. The molecule has 2 nitrogen and oxygen atoms in total. The van der Waals surface area contributed by atoms with Crippen LogP contribution < -0.4 is 5.32 Å². The molecule has 0 saturated carbocycles.